The molecule has 0 saturated heterocycles. The van der Waals surface area contributed by atoms with Crippen molar-refractivity contribution >= 4 is 0 Å². The number of aryl methyl sites for hydroxylation is 3. The number of nitrogens with zero attached hydrogens (tertiary/aromatic N) is 4. The van der Waals surface area contributed by atoms with Crippen molar-refractivity contribution in [3.63, 3.8) is 0 Å². The van der Waals surface area contributed by atoms with E-state index in [1.54, 1.807) is 0 Å². The fourth-order valence-corrected chi connectivity index (χ4v) is 2.37. The van der Waals surface area contributed by atoms with E-state index in [1.165, 1.54) is 11.3 Å². The summed E-state index contributed by atoms with van der Waals surface area (Å²) >= 11 is 0. The highest BCUT2D eigenvalue weighted by molar-refractivity contribution is 5.17. The van der Waals surface area contributed by atoms with Crippen LogP contribution in [-0.4, -0.2) is 26.1 Å². The first-order valence-corrected chi connectivity index (χ1v) is 6.81. The van der Waals surface area contributed by atoms with Crippen molar-refractivity contribution in [2.45, 2.75) is 32.7 Å². The predicted molar refractivity (Wildman–Crippen MR) is 75.9 cm³/mol. The zero-order valence-electron chi connectivity index (χ0n) is 12.2. The average molecular weight is 261 g/mol. The molecule has 2 aromatic heterocycles. The molecule has 0 aromatic carbocycles. The van der Waals surface area contributed by atoms with Crippen molar-refractivity contribution in [3.05, 3.63) is 35.4 Å². The molecule has 0 aliphatic heterocycles. The van der Waals surface area contributed by atoms with Gasteiger partial charge in [-0.1, -0.05) is 6.92 Å². The lowest BCUT2D eigenvalue weighted by Gasteiger charge is -2.18. The fraction of sp³-hybridized carbons (Fsp3) is 0.571. The highest BCUT2D eigenvalue weighted by Gasteiger charge is 2.16. The van der Waals surface area contributed by atoms with Gasteiger partial charge in [0.2, 0.25) is 0 Å². The second kappa shape index (κ2) is 6.02. The molecule has 0 saturated carbocycles. The van der Waals surface area contributed by atoms with E-state index in [2.05, 4.69) is 34.7 Å². The van der Waals surface area contributed by atoms with Crippen LogP contribution >= 0.6 is 0 Å². The van der Waals surface area contributed by atoms with Crippen LogP contribution in [-0.2, 0) is 20.5 Å². The van der Waals surface area contributed by atoms with Crippen LogP contribution in [0.2, 0.25) is 0 Å². The van der Waals surface area contributed by atoms with Gasteiger partial charge in [-0.25, -0.2) is 0 Å². The molecule has 0 amide bonds. The zero-order valence-corrected chi connectivity index (χ0v) is 12.2. The van der Waals surface area contributed by atoms with Gasteiger partial charge in [0, 0.05) is 20.3 Å². The second-order valence-corrected chi connectivity index (χ2v) is 5.07. The summed E-state index contributed by atoms with van der Waals surface area (Å²) in [6.45, 7) is 5.22. The number of hydrogen-bond donors (Lipinski definition) is 1. The Morgan fingerprint density at radius 1 is 1.37 bits per heavy atom. The van der Waals surface area contributed by atoms with Gasteiger partial charge < -0.3 is 5.32 Å². The molecule has 104 valence electrons. The maximum Gasteiger partial charge on any atom is 0.0597 e. The van der Waals surface area contributed by atoms with Crippen LogP contribution in [0, 0.1) is 6.92 Å². The number of rotatable bonds is 6. The van der Waals surface area contributed by atoms with Crippen molar-refractivity contribution < 1.29 is 0 Å². The summed E-state index contributed by atoms with van der Waals surface area (Å²) in [5.41, 5.74) is 3.54. The third kappa shape index (κ3) is 3.44. The van der Waals surface area contributed by atoms with Gasteiger partial charge in [0.05, 0.1) is 23.6 Å². The molecule has 2 rings (SSSR count). The molecule has 0 radical (unpaired) electrons. The molecule has 5 heteroatoms. The zero-order chi connectivity index (χ0) is 13.8. The maximum absolute atomic E-state index is 4.44. The molecule has 5 nitrogen and oxygen atoms in total. The van der Waals surface area contributed by atoms with Crippen molar-refractivity contribution in [3.8, 4) is 0 Å². The van der Waals surface area contributed by atoms with Crippen LogP contribution in [0.4, 0.5) is 0 Å². The molecular formula is C14H23N5. The van der Waals surface area contributed by atoms with E-state index < -0.39 is 0 Å². The molecule has 0 bridgehead atoms. The maximum atomic E-state index is 4.44. The van der Waals surface area contributed by atoms with Gasteiger partial charge in [-0.15, -0.1) is 0 Å². The minimum Gasteiger partial charge on any atom is -0.308 e. The van der Waals surface area contributed by atoms with Crippen molar-refractivity contribution in [1.29, 1.82) is 0 Å². The lowest BCUT2D eigenvalue weighted by atomic mass is 10.1. The molecule has 0 aliphatic carbocycles. The average Bonchev–Trinajstić information content (AvgIpc) is 2.91. The second-order valence-electron chi connectivity index (χ2n) is 5.07. The molecule has 2 aromatic rings. The standard InChI is InChI=1S/C14H23N5/c1-5-6-15-13(8-12-9-16-18(3)10-12)14-7-11(2)17-19(14)4/h7,9-10,13,15H,5-6,8H2,1-4H3. The molecule has 2 heterocycles. The topological polar surface area (TPSA) is 47.7 Å². The van der Waals surface area contributed by atoms with Gasteiger partial charge in [-0.2, -0.15) is 10.2 Å². The minimum absolute atomic E-state index is 0.287. The first-order valence-electron chi connectivity index (χ1n) is 6.81. The summed E-state index contributed by atoms with van der Waals surface area (Å²) in [7, 11) is 3.96. The molecule has 19 heavy (non-hydrogen) atoms. The first-order chi connectivity index (χ1) is 9.10. The Morgan fingerprint density at radius 2 is 2.16 bits per heavy atom. The third-order valence-electron chi connectivity index (χ3n) is 3.23. The van der Waals surface area contributed by atoms with E-state index in [1.807, 2.05) is 36.6 Å². The van der Waals surface area contributed by atoms with Gasteiger partial charge in [-0.3, -0.25) is 9.36 Å². The smallest absolute Gasteiger partial charge is 0.0597 e. The Hall–Kier alpha value is -1.62. The fourth-order valence-electron chi connectivity index (χ4n) is 2.37. The highest BCUT2D eigenvalue weighted by Crippen LogP contribution is 2.18. The van der Waals surface area contributed by atoms with Crippen LogP contribution in [0.5, 0.6) is 0 Å². The Bertz CT molecular complexity index is 526. The van der Waals surface area contributed by atoms with E-state index >= 15 is 0 Å². The van der Waals surface area contributed by atoms with Crippen molar-refractivity contribution in [1.82, 2.24) is 24.9 Å². The highest BCUT2D eigenvalue weighted by atomic mass is 15.3. The number of aromatic nitrogens is 4. The van der Waals surface area contributed by atoms with Gasteiger partial charge in [0.15, 0.2) is 0 Å². The Balaban J connectivity index is 2.18. The summed E-state index contributed by atoms with van der Waals surface area (Å²) in [4.78, 5) is 0. The Labute approximate surface area is 114 Å². The van der Waals surface area contributed by atoms with Crippen molar-refractivity contribution in [2.75, 3.05) is 6.54 Å². The summed E-state index contributed by atoms with van der Waals surface area (Å²) in [5.74, 6) is 0. The van der Waals surface area contributed by atoms with Gasteiger partial charge in [0.1, 0.15) is 0 Å². The number of nitrogens with one attached hydrogen (secondary N) is 1. The van der Waals surface area contributed by atoms with Gasteiger partial charge >= 0.3 is 0 Å². The van der Waals surface area contributed by atoms with E-state index in [0.717, 1.165) is 25.1 Å². The first kappa shape index (κ1) is 13.8. The van der Waals surface area contributed by atoms with Crippen molar-refractivity contribution in [2.24, 2.45) is 14.1 Å². The summed E-state index contributed by atoms with van der Waals surface area (Å²) in [5, 5.41) is 12.3. The molecule has 0 fully saturated rings. The van der Waals surface area contributed by atoms with Crippen LogP contribution in [0.1, 0.15) is 36.3 Å². The Kier molecular flexibility index (Phi) is 4.37. The monoisotopic (exact) mass is 261 g/mol. The number of hydrogen-bond acceptors (Lipinski definition) is 3. The predicted octanol–water partition coefficient (Wildman–Crippen LogP) is 1.75. The SMILES string of the molecule is CCCNC(Cc1cnn(C)c1)c1cc(C)nn1C. The summed E-state index contributed by atoms with van der Waals surface area (Å²) < 4.78 is 3.82. The molecule has 0 aliphatic rings. The van der Waals surface area contributed by atoms with E-state index in [4.69, 9.17) is 0 Å². The van der Waals surface area contributed by atoms with Crippen LogP contribution in [0.3, 0.4) is 0 Å². The van der Waals surface area contributed by atoms with E-state index in [-0.39, 0.29) is 6.04 Å². The minimum atomic E-state index is 0.287. The molecular weight excluding hydrogens is 238 g/mol. The van der Waals surface area contributed by atoms with Crippen LogP contribution < -0.4 is 5.32 Å². The lowest BCUT2D eigenvalue weighted by Crippen LogP contribution is -2.26. The Morgan fingerprint density at radius 3 is 2.68 bits per heavy atom. The molecule has 1 atom stereocenters. The quantitative estimate of drug-likeness (QED) is 0.861. The molecule has 1 N–H and O–H groups in total. The van der Waals surface area contributed by atoms with E-state index in [9.17, 15) is 0 Å². The molecule has 0 spiro atoms. The van der Waals surface area contributed by atoms with Gasteiger partial charge in [-0.05, 0) is 37.9 Å². The summed E-state index contributed by atoms with van der Waals surface area (Å²) in [6, 6.07) is 2.44. The lowest BCUT2D eigenvalue weighted by molar-refractivity contribution is 0.493. The summed E-state index contributed by atoms with van der Waals surface area (Å²) in [6.07, 6.45) is 6.07. The molecule has 1 unspecified atom stereocenters. The van der Waals surface area contributed by atoms with Gasteiger partial charge in [0.25, 0.3) is 0 Å². The van der Waals surface area contributed by atoms with Crippen LogP contribution in [0.15, 0.2) is 18.5 Å². The van der Waals surface area contributed by atoms with E-state index in [0.29, 0.717) is 0 Å². The largest absolute Gasteiger partial charge is 0.308 e. The normalized spacial score (nSPS) is 12.8. The third-order valence-corrected chi connectivity index (χ3v) is 3.23. The van der Waals surface area contributed by atoms with Crippen LogP contribution in [0.25, 0.3) is 0 Å².